The molecule has 2 aromatic rings. The van der Waals surface area contributed by atoms with Crippen molar-refractivity contribution in [2.24, 2.45) is 0 Å². The fraction of sp³-hybridized carbons (Fsp3) is 0.412. The fourth-order valence-corrected chi connectivity index (χ4v) is 3.41. The molecule has 2 heterocycles. The molecule has 1 aromatic carbocycles. The van der Waals surface area contributed by atoms with Crippen LogP contribution in [0.15, 0.2) is 22.7 Å². The first-order valence-electron chi connectivity index (χ1n) is 8.00. The van der Waals surface area contributed by atoms with Gasteiger partial charge in [-0.2, -0.15) is 0 Å². The zero-order valence-electron chi connectivity index (χ0n) is 13.5. The normalized spacial score (nSPS) is 15.4. The number of methoxy groups -OCH3 is 1. The number of halogens is 1. The number of aromatic amines is 1. The van der Waals surface area contributed by atoms with Gasteiger partial charge in [-0.3, -0.25) is 9.69 Å². The molecule has 0 saturated carbocycles. The Morgan fingerprint density at radius 3 is 2.75 bits per heavy atom. The Bertz CT molecular complexity index is 766. The summed E-state index contributed by atoms with van der Waals surface area (Å²) in [5, 5.41) is 3.66. The second-order valence-corrected chi connectivity index (χ2v) is 6.86. The SMILES string of the molecule is COC(=O)c1[nH]c2ccc(Br)cc2c1NC(=O)CN1CCCCC1. The van der Waals surface area contributed by atoms with Crippen LogP contribution in [0, 0.1) is 0 Å². The van der Waals surface area contributed by atoms with Gasteiger partial charge in [-0.25, -0.2) is 4.79 Å². The largest absolute Gasteiger partial charge is 0.464 e. The molecular weight excluding hydrogens is 374 g/mol. The number of hydrogen-bond acceptors (Lipinski definition) is 4. The molecule has 1 fully saturated rings. The number of ether oxygens (including phenoxy) is 1. The minimum Gasteiger partial charge on any atom is -0.464 e. The molecular formula is C17H20BrN3O3. The van der Waals surface area contributed by atoms with Crippen molar-refractivity contribution < 1.29 is 14.3 Å². The molecule has 7 heteroatoms. The number of benzene rings is 1. The number of amides is 1. The van der Waals surface area contributed by atoms with Gasteiger partial charge in [0.1, 0.15) is 5.69 Å². The Hall–Kier alpha value is -1.86. The fourth-order valence-electron chi connectivity index (χ4n) is 3.05. The van der Waals surface area contributed by atoms with E-state index in [1.165, 1.54) is 13.5 Å². The van der Waals surface area contributed by atoms with Crippen LogP contribution in [0.2, 0.25) is 0 Å². The molecule has 0 bridgehead atoms. The molecule has 3 rings (SSSR count). The highest BCUT2D eigenvalue weighted by Crippen LogP contribution is 2.30. The van der Waals surface area contributed by atoms with Gasteiger partial charge in [-0.1, -0.05) is 22.4 Å². The summed E-state index contributed by atoms with van der Waals surface area (Å²) in [4.78, 5) is 29.6. The predicted molar refractivity (Wildman–Crippen MR) is 96.3 cm³/mol. The summed E-state index contributed by atoms with van der Waals surface area (Å²) >= 11 is 3.42. The first-order valence-corrected chi connectivity index (χ1v) is 8.79. The third kappa shape index (κ3) is 3.62. The summed E-state index contributed by atoms with van der Waals surface area (Å²) in [5.74, 6) is -0.626. The minimum absolute atomic E-state index is 0.122. The average molecular weight is 394 g/mol. The number of nitrogens with one attached hydrogen (secondary N) is 2. The second kappa shape index (κ2) is 7.36. The lowest BCUT2D eigenvalue weighted by atomic mass is 10.1. The van der Waals surface area contributed by atoms with Crippen LogP contribution in [0.25, 0.3) is 10.9 Å². The number of carbonyl (C=O) groups is 2. The molecule has 24 heavy (non-hydrogen) atoms. The van der Waals surface area contributed by atoms with Gasteiger partial charge in [0.2, 0.25) is 5.91 Å². The maximum atomic E-state index is 12.4. The first kappa shape index (κ1) is 17.0. The number of H-pyrrole nitrogens is 1. The number of likely N-dealkylation sites (tertiary alicyclic amines) is 1. The number of rotatable bonds is 4. The standard InChI is InChI=1S/C17H20BrN3O3/c1-24-17(23)16-15(12-9-11(18)5-6-13(12)19-16)20-14(22)10-21-7-3-2-4-8-21/h5-6,9,19H,2-4,7-8,10H2,1H3,(H,20,22). The molecule has 1 saturated heterocycles. The Kier molecular flexibility index (Phi) is 5.20. The van der Waals surface area contributed by atoms with E-state index < -0.39 is 5.97 Å². The summed E-state index contributed by atoms with van der Waals surface area (Å²) in [7, 11) is 1.32. The highest BCUT2D eigenvalue weighted by Gasteiger charge is 2.21. The van der Waals surface area contributed by atoms with Gasteiger partial charge >= 0.3 is 5.97 Å². The average Bonchev–Trinajstić information content (AvgIpc) is 2.93. The summed E-state index contributed by atoms with van der Waals surface area (Å²) in [6.07, 6.45) is 3.47. The van der Waals surface area contributed by atoms with E-state index in [4.69, 9.17) is 4.74 Å². The molecule has 0 atom stereocenters. The van der Waals surface area contributed by atoms with Crippen molar-refractivity contribution in [1.82, 2.24) is 9.88 Å². The number of nitrogens with zero attached hydrogens (tertiary/aromatic N) is 1. The molecule has 128 valence electrons. The molecule has 1 aliphatic heterocycles. The molecule has 0 radical (unpaired) electrons. The number of hydrogen-bond donors (Lipinski definition) is 2. The number of anilines is 1. The van der Waals surface area contributed by atoms with E-state index >= 15 is 0 Å². The van der Waals surface area contributed by atoms with E-state index in [0.29, 0.717) is 12.2 Å². The minimum atomic E-state index is -0.504. The van der Waals surface area contributed by atoms with Crippen LogP contribution in [0.5, 0.6) is 0 Å². The zero-order chi connectivity index (χ0) is 17.1. The van der Waals surface area contributed by atoms with Crippen LogP contribution in [0.4, 0.5) is 5.69 Å². The third-order valence-electron chi connectivity index (χ3n) is 4.23. The molecule has 1 aromatic heterocycles. The van der Waals surface area contributed by atoms with E-state index in [1.54, 1.807) is 0 Å². The van der Waals surface area contributed by atoms with Crippen LogP contribution in [-0.2, 0) is 9.53 Å². The van der Waals surface area contributed by atoms with Crippen molar-refractivity contribution in [3.8, 4) is 0 Å². The number of carbonyl (C=O) groups excluding carboxylic acids is 2. The Morgan fingerprint density at radius 1 is 1.29 bits per heavy atom. The summed E-state index contributed by atoms with van der Waals surface area (Å²) in [6.45, 7) is 2.22. The van der Waals surface area contributed by atoms with Gasteiger partial charge in [0, 0.05) is 15.4 Å². The maximum Gasteiger partial charge on any atom is 0.356 e. The Balaban J connectivity index is 1.87. The number of esters is 1. The van der Waals surface area contributed by atoms with Gasteiger partial charge in [0.15, 0.2) is 0 Å². The lowest BCUT2D eigenvalue weighted by Gasteiger charge is -2.25. The van der Waals surface area contributed by atoms with Crippen molar-refractivity contribution in [1.29, 1.82) is 0 Å². The molecule has 0 unspecified atom stereocenters. The van der Waals surface area contributed by atoms with E-state index in [1.807, 2.05) is 18.2 Å². The first-order chi connectivity index (χ1) is 11.6. The van der Waals surface area contributed by atoms with Crippen molar-refractivity contribution >= 4 is 44.4 Å². The second-order valence-electron chi connectivity index (χ2n) is 5.94. The Labute approximate surface area is 148 Å². The highest BCUT2D eigenvalue weighted by atomic mass is 79.9. The molecule has 0 spiro atoms. The van der Waals surface area contributed by atoms with Gasteiger partial charge in [0.05, 0.1) is 19.3 Å². The van der Waals surface area contributed by atoms with Crippen LogP contribution in [0.1, 0.15) is 29.8 Å². The summed E-state index contributed by atoms with van der Waals surface area (Å²) < 4.78 is 5.70. The van der Waals surface area contributed by atoms with E-state index in [2.05, 4.69) is 31.1 Å². The van der Waals surface area contributed by atoms with Crippen molar-refractivity contribution in [2.45, 2.75) is 19.3 Å². The highest BCUT2D eigenvalue weighted by molar-refractivity contribution is 9.10. The van der Waals surface area contributed by atoms with Crippen molar-refractivity contribution in [3.05, 3.63) is 28.4 Å². The van der Waals surface area contributed by atoms with Crippen LogP contribution in [0.3, 0.4) is 0 Å². The predicted octanol–water partition coefficient (Wildman–Crippen LogP) is 3.14. The van der Waals surface area contributed by atoms with Gasteiger partial charge in [-0.15, -0.1) is 0 Å². The van der Waals surface area contributed by atoms with Crippen LogP contribution < -0.4 is 5.32 Å². The maximum absolute atomic E-state index is 12.4. The van der Waals surface area contributed by atoms with Crippen molar-refractivity contribution in [2.75, 3.05) is 32.1 Å². The Morgan fingerprint density at radius 2 is 2.04 bits per heavy atom. The van der Waals surface area contributed by atoms with E-state index in [9.17, 15) is 9.59 Å². The molecule has 1 amide bonds. The molecule has 2 N–H and O–H groups in total. The van der Waals surface area contributed by atoms with Crippen LogP contribution in [-0.4, -0.2) is 48.5 Å². The van der Waals surface area contributed by atoms with Crippen molar-refractivity contribution in [3.63, 3.8) is 0 Å². The lowest BCUT2D eigenvalue weighted by Crippen LogP contribution is -2.37. The quantitative estimate of drug-likeness (QED) is 0.782. The van der Waals surface area contributed by atoms with E-state index in [-0.39, 0.29) is 11.6 Å². The molecule has 0 aliphatic carbocycles. The van der Waals surface area contributed by atoms with E-state index in [0.717, 1.165) is 41.3 Å². The number of fused-ring (bicyclic) bond motifs is 1. The monoisotopic (exact) mass is 393 g/mol. The molecule has 1 aliphatic rings. The smallest absolute Gasteiger partial charge is 0.356 e. The number of piperidine rings is 1. The van der Waals surface area contributed by atoms with Gasteiger partial charge in [-0.05, 0) is 44.1 Å². The van der Waals surface area contributed by atoms with Gasteiger partial charge in [0.25, 0.3) is 0 Å². The molecule has 6 nitrogen and oxygen atoms in total. The third-order valence-corrected chi connectivity index (χ3v) is 4.72. The topological polar surface area (TPSA) is 74.4 Å². The van der Waals surface area contributed by atoms with Crippen LogP contribution >= 0.6 is 15.9 Å². The summed E-state index contributed by atoms with van der Waals surface area (Å²) in [6, 6.07) is 5.60. The van der Waals surface area contributed by atoms with Gasteiger partial charge < -0.3 is 15.0 Å². The summed E-state index contributed by atoms with van der Waals surface area (Å²) in [5.41, 5.74) is 1.50. The lowest BCUT2D eigenvalue weighted by molar-refractivity contribution is -0.117. The number of aromatic nitrogens is 1. The zero-order valence-corrected chi connectivity index (χ0v) is 15.1.